The van der Waals surface area contributed by atoms with Crippen molar-refractivity contribution in [2.24, 2.45) is 0 Å². The summed E-state index contributed by atoms with van der Waals surface area (Å²) in [6.45, 7) is 1.07. The first kappa shape index (κ1) is 18.8. The fraction of sp³-hybridized carbons (Fsp3) is 0.250. The molecule has 0 aliphatic carbocycles. The van der Waals surface area contributed by atoms with Crippen LogP contribution in [0.25, 0.3) is 10.9 Å². The van der Waals surface area contributed by atoms with Gasteiger partial charge in [-0.1, -0.05) is 51.3 Å². The van der Waals surface area contributed by atoms with Crippen LogP contribution in [0.4, 0.5) is 0 Å². The maximum atomic E-state index is 13.3. The van der Waals surface area contributed by atoms with Crippen LogP contribution in [-0.2, 0) is 10.3 Å². The molecule has 1 atom stereocenters. The van der Waals surface area contributed by atoms with Gasteiger partial charge in [0.15, 0.2) is 0 Å². The largest absolute Gasteiger partial charge is 0.379 e. The van der Waals surface area contributed by atoms with Crippen molar-refractivity contribution in [2.75, 3.05) is 20.3 Å². The summed E-state index contributed by atoms with van der Waals surface area (Å²) < 4.78 is 6.67. The van der Waals surface area contributed by atoms with Gasteiger partial charge in [-0.05, 0) is 35.9 Å². The Morgan fingerprint density at radius 1 is 1.26 bits per heavy atom. The van der Waals surface area contributed by atoms with Gasteiger partial charge >= 0.3 is 0 Å². The molecule has 1 aromatic heterocycles. The summed E-state index contributed by atoms with van der Waals surface area (Å²) in [6.07, 6.45) is 0.735. The summed E-state index contributed by atoms with van der Waals surface area (Å²) in [4.78, 5) is 18.2. The minimum atomic E-state index is -0.514. The van der Waals surface area contributed by atoms with Crippen LogP contribution in [0.5, 0.6) is 0 Å². The normalized spacial score (nSPS) is 19.6. The second-order valence-electron chi connectivity index (χ2n) is 6.71. The fourth-order valence-electron chi connectivity index (χ4n) is 3.65. The molecule has 0 saturated carbocycles. The first-order chi connectivity index (χ1) is 12.9. The Balaban J connectivity index is 1.75. The number of rotatable bonds is 3. The highest BCUT2D eigenvalue weighted by molar-refractivity contribution is 9.10. The van der Waals surface area contributed by atoms with Gasteiger partial charge < -0.3 is 14.6 Å². The van der Waals surface area contributed by atoms with Crippen LogP contribution in [-0.4, -0.2) is 36.1 Å². The van der Waals surface area contributed by atoms with E-state index in [0.29, 0.717) is 29.0 Å². The molecule has 1 amide bonds. The highest BCUT2D eigenvalue weighted by Gasteiger charge is 2.43. The number of H-pyrrole nitrogens is 1. The van der Waals surface area contributed by atoms with Crippen molar-refractivity contribution in [3.05, 3.63) is 68.2 Å². The lowest BCUT2D eigenvalue weighted by molar-refractivity contribution is 0.0490. The predicted molar refractivity (Wildman–Crippen MR) is 112 cm³/mol. The minimum absolute atomic E-state index is 0.121. The zero-order valence-corrected chi connectivity index (χ0v) is 17.7. The lowest BCUT2D eigenvalue weighted by Crippen LogP contribution is -2.48. The maximum Gasteiger partial charge on any atom is 0.270 e. The minimum Gasteiger partial charge on any atom is -0.379 e. The molecule has 2 heterocycles. The number of hydrogen-bond acceptors (Lipinski definition) is 2. The van der Waals surface area contributed by atoms with Crippen molar-refractivity contribution in [3.63, 3.8) is 0 Å². The van der Waals surface area contributed by atoms with Crippen molar-refractivity contribution in [1.82, 2.24) is 9.88 Å². The average Bonchev–Trinajstić information content (AvgIpc) is 3.32. The van der Waals surface area contributed by atoms with Gasteiger partial charge in [0.1, 0.15) is 5.69 Å². The number of aromatic amines is 1. The van der Waals surface area contributed by atoms with Crippen LogP contribution >= 0.6 is 39.1 Å². The molecule has 0 radical (unpaired) electrons. The number of aromatic nitrogens is 1. The number of benzene rings is 2. The number of nitrogens with zero attached hydrogens (tertiary/aromatic N) is 1. The molecule has 0 bridgehead atoms. The number of nitrogens with one attached hydrogen (secondary N) is 1. The first-order valence-electron chi connectivity index (χ1n) is 8.51. The van der Waals surface area contributed by atoms with E-state index in [4.69, 9.17) is 27.9 Å². The summed E-state index contributed by atoms with van der Waals surface area (Å²) in [6, 6.07) is 13.3. The summed E-state index contributed by atoms with van der Waals surface area (Å²) >= 11 is 15.9. The Morgan fingerprint density at radius 3 is 2.78 bits per heavy atom. The van der Waals surface area contributed by atoms with Crippen LogP contribution in [0.1, 0.15) is 22.5 Å². The quantitative estimate of drug-likeness (QED) is 0.542. The van der Waals surface area contributed by atoms with E-state index < -0.39 is 5.54 Å². The highest BCUT2D eigenvalue weighted by Crippen LogP contribution is 2.38. The van der Waals surface area contributed by atoms with Crippen molar-refractivity contribution in [2.45, 2.75) is 12.0 Å². The molecule has 140 valence electrons. The lowest BCUT2D eigenvalue weighted by Gasteiger charge is -2.38. The van der Waals surface area contributed by atoms with Gasteiger partial charge in [-0.15, -0.1) is 0 Å². The molecule has 2 aromatic carbocycles. The average molecular weight is 468 g/mol. The molecule has 1 fully saturated rings. The third-order valence-electron chi connectivity index (χ3n) is 5.23. The van der Waals surface area contributed by atoms with Crippen LogP contribution in [0, 0.1) is 0 Å². The molecule has 1 aliphatic heterocycles. The number of carbonyl (C=O) groups excluding carboxylic acids is 1. The Labute approximate surface area is 175 Å². The van der Waals surface area contributed by atoms with Crippen molar-refractivity contribution >= 4 is 55.9 Å². The molecular formula is C20H17BrCl2N2O2. The molecule has 4 rings (SSSR count). The summed E-state index contributed by atoms with van der Waals surface area (Å²) in [5.74, 6) is -0.121. The molecule has 0 spiro atoms. The molecule has 1 saturated heterocycles. The maximum absolute atomic E-state index is 13.3. The summed E-state index contributed by atoms with van der Waals surface area (Å²) in [5, 5.41) is 1.64. The van der Waals surface area contributed by atoms with Crippen molar-refractivity contribution < 1.29 is 9.53 Å². The van der Waals surface area contributed by atoms with Crippen LogP contribution in [0.3, 0.4) is 0 Å². The van der Waals surface area contributed by atoms with E-state index in [1.54, 1.807) is 17.0 Å². The third kappa shape index (κ3) is 3.17. The van der Waals surface area contributed by atoms with Gasteiger partial charge in [0, 0.05) is 35.5 Å². The van der Waals surface area contributed by atoms with E-state index in [-0.39, 0.29) is 5.91 Å². The molecule has 4 nitrogen and oxygen atoms in total. The lowest BCUT2D eigenvalue weighted by atomic mass is 9.87. The van der Waals surface area contributed by atoms with Gasteiger partial charge in [0.25, 0.3) is 5.91 Å². The number of hydrogen-bond donors (Lipinski definition) is 1. The number of amides is 1. The Morgan fingerprint density at radius 2 is 2.07 bits per heavy atom. The zero-order chi connectivity index (χ0) is 19.2. The summed E-state index contributed by atoms with van der Waals surface area (Å²) in [7, 11) is 1.82. The summed E-state index contributed by atoms with van der Waals surface area (Å²) in [5.41, 5.74) is 1.78. The molecule has 27 heavy (non-hydrogen) atoms. The van der Waals surface area contributed by atoms with E-state index in [1.165, 1.54) is 0 Å². The Bertz CT molecular complexity index is 1030. The van der Waals surface area contributed by atoms with Crippen LogP contribution in [0.15, 0.2) is 46.9 Å². The van der Waals surface area contributed by atoms with Gasteiger partial charge in [-0.3, -0.25) is 4.79 Å². The van der Waals surface area contributed by atoms with Crippen LogP contribution in [0.2, 0.25) is 10.0 Å². The molecular weight excluding hydrogens is 451 g/mol. The Hall–Kier alpha value is -1.53. The molecule has 1 unspecified atom stereocenters. The van der Waals surface area contributed by atoms with E-state index in [1.807, 2.05) is 37.4 Å². The third-order valence-corrected chi connectivity index (χ3v) is 6.54. The Kier molecular flexibility index (Phi) is 4.97. The standard InChI is InChI=1S/C20H17BrCl2N2O2/c1-25(20(7-8-27-11-20)12-3-2-4-13(21)9-12)19(26)17-10-14-16(24-17)6-5-15(22)18(14)23/h2-6,9-10,24H,7-8,11H2,1H3. The molecule has 1 N–H and O–H groups in total. The topological polar surface area (TPSA) is 45.3 Å². The number of fused-ring (bicyclic) bond motifs is 1. The molecule has 7 heteroatoms. The zero-order valence-electron chi connectivity index (χ0n) is 14.6. The van der Waals surface area contributed by atoms with E-state index >= 15 is 0 Å². The van der Waals surface area contributed by atoms with Gasteiger partial charge in [0.05, 0.1) is 22.2 Å². The van der Waals surface area contributed by atoms with E-state index in [0.717, 1.165) is 27.4 Å². The van der Waals surface area contributed by atoms with Crippen LogP contribution < -0.4 is 0 Å². The van der Waals surface area contributed by atoms with Crippen molar-refractivity contribution in [1.29, 1.82) is 0 Å². The SMILES string of the molecule is CN(C(=O)c1cc2c(Cl)c(Cl)ccc2[nH]1)C1(c2cccc(Br)c2)CCOC1. The predicted octanol–water partition coefficient (Wildman–Crippen LogP) is 5.63. The van der Waals surface area contributed by atoms with Gasteiger partial charge in [-0.25, -0.2) is 0 Å². The van der Waals surface area contributed by atoms with Crippen molar-refractivity contribution in [3.8, 4) is 0 Å². The van der Waals surface area contributed by atoms with E-state index in [2.05, 4.69) is 20.9 Å². The number of carbonyl (C=O) groups is 1. The second-order valence-corrected chi connectivity index (χ2v) is 8.42. The van der Waals surface area contributed by atoms with Gasteiger partial charge in [-0.2, -0.15) is 0 Å². The number of ether oxygens (including phenoxy) is 1. The number of likely N-dealkylation sites (N-methyl/N-ethyl adjacent to an activating group) is 1. The molecule has 3 aromatic rings. The second kappa shape index (κ2) is 7.13. The highest BCUT2D eigenvalue weighted by atomic mass is 79.9. The first-order valence-corrected chi connectivity index (χ1v) is 10.1. The smallest absolute Gasteiger partial charge is 0.270 e. The molecule has 1 aliphatic rings. The monoisotopic (exact) mass is 466 g/mol. The number of halogens is 3. The van der Waals surface area contributed by atoms with E-state index in [9.17, 15) is 4.79 Å². The van der Waals surface area contributed by atoms with Gasteiger partial charge in [0.2, 0.25) is 0 Å². The fourth-order valence-corrected chi connectivity index (χ4v) is 4.43.